The number of hydrogen-bond acceptors (Lipinski definition) is 5. The van der Waals surface area contributed by atoms with Crippen LogP contribution in [0.2, 0.25) is 5.02 Å². The Morgan fingerprint density at radius 2 is 2.00 bits per heavy atom. The summed E-state index contributed by atoms with van der Waals surface area (Å²) in [6.45, 7) is 1.91. The molecule has 0 saturated carbocycles. The van der Waals surface area contributed by atoms with E-state index in [-0.39, 0.29) is 0 Å². The molecule has 7 heteroatoms. The Bertz CT molecular complexity index is 637. The summed E-state index contributed by atoms with van der Waals surface area (Å²) in [4.78, 5) is 8.41. The molecule has 0 aliphatic carbocycles. The lowest BCUT2D eigenvalue weighted by atomic mass is 10.2. The summed E-state index contributed by atoms with van der Waals surface area (Å²) in [6.07, 6.45) is 1.61. The molecule has 106 valence electrons. The van der Waals surface area contributed by atoms with Gasteiger partial charge in [-0.3, -0.25) is 0 Å². The van der Waals surface area contributed by atoms with Crippen molar-refractivity contribution < 1.29 is 9.47 Å². The Kier molecular flexibility index (Phi) is 4.67. The summed E-state index contributed by atoms with van der Waals surface area (Å²) in [5.74, 6) is 1.48. The summed E-state index contributed by atoms with van der Waals surface area (Å²) in [6, 6.07) is 3.62. The predicted octanol–water partition coefficient (Wildman–Crippen LogP) is 3.96. The van der Waals surface area contributed by atoms with Crippen molar-refractivity contribution in [2.24, 2.45) is 0 Å². The largest absolute Gasteiger partial charge is 0.495 e. The number of ether oxygens (including phenoxy) is 2. The summed E-state index contributed by atoms with van der Waals surface area (Å²) in [7, 11) is 3.12. The van der Waals surface area contributed by atoms with Crippen LogP contribution < -0.4 is 14.8 Å². The molecule has 0 spiro atoms. The van der Waals surface area contributed by atoms with E-state index in [0.717, 1.165) is 11.3 Å². The zero-order valence-corrected chi connectivity index (χ0v) is 13.5. The van der Waals surface area contributed by atoms with Gasteiger partial charge in [0.25, 0.3) is 0 Å². The van der Waals surface area contributed by atoms with Crippen LogP contribution in [-0.2, 0) is 0 Å². The first-order valence-electron chi connectivity index (χ1n) is 5.73. The van der Waals surface area contributed by atoms with Crippen LogP contribution in [0.25, 0.3) is 0 Å². The highest BCUT2D eigenvalue weighted by Crippen LogP contribution is 2.33. The number of aromatic nitrogens is 2. The van der Waals surface area contributed by atoms with Crippen LogP contribution in [0.1, 0.15) is 5.56 Å². The van der Waals surface area contributed by atoms with Crippen molar-refractivity contribution in [3.05, 3.63) is 33.4 Å². The van der Waals surface area contributed by atoms with Gasteiger partial charge in [0.05, 0.1) is 30.6 Å². The second-order valence-electron chi connectivity index (χ2n) is 3.98. The molecule has 0 aliphatic heterocycles. The number of halogens is 2. The molecule has 0 aliphatic rings. The minimum atomic E-state index is 0.407. The Hall–Kier alpha value is -1.53. The van der Waals surface area contributed by atoms with Crippen molar-refractivity contribution >= 4 is 39.2 Å². The highest BCUT2D eigenvalue weighted by atomic mass is 79.9. The fraction of sp³-hybridized carbons (Fsp3) is 0.231. The van der Waals surface area contributed by atoms with Crippen molar-refractivity contribution in [3.8, 4) is 11.6 Å². The van der Waals surface area contributed by atoms with E-state index in [9.17, 15) is 0 Å². The maximum atomic E-state index is 6.07. The summed E-state index contributed by atoms with van der Waals surface area (Å²) >= 11 is 9.38. The highest BCUT2D eigenvalue weighted by Gasteiger charge is 2.10. The van der Waals surface area contributed by atoms with E-state index in [2.05, 4.69) is 31.2 Å². The third-order valence-corrected chi connectivity index (χ3v) is 3.58. The van der Waals surface area contributed by atoms with Crippen LogP contribution in [0.15, 0.2) is 22.8 Å². The zero-order chi connectivity index (χ0) is 14.7. The van der Waals surface area contributed by atoms with E-state index in [0.29, 0.717) is 27.1 Å². The number of aryl methyl sites for hydroxylation is 1. The zero-order valence-electron chi connectivity index (χ0n) is 11.2. The Labute approximate surface area is 130 Å². The number of methoxy groups -OCH3 is 2. The minimum absolute atomic E-state index is 0.407. The van der Waals surface area contributed by atoms with Gasteiger partial charge in [0, 0.05) is 11.1 Å². The third kappa shape index (κ3) is 3.13. The molecule has 1 aromatic carbocycles. The smallest absolute Gasteiger partial charge is 0.232 e. The molecule has 5 nitrogen and oxygen atoms in total. The van der Waals surface area contributed by atoms with E-state index >= 15 is 0 Å². The van der Waals surface area contributed by atoms with Crippen LogP contribution in [0, 0.1) is 6.92 Å². The second kappa shape index (κ2) is 6.28. The first-order chi connectivity index (χ1) is 9.55. The molecule has 1 N–H and O–H groups in total. The van der Waals surface area contributed by atoms with Crippen molar-refractivity contribution in [3.63, 3.8) is 0 Å². The van der Waals surface area contributed by atoms with Gasteiger partial charge in [-0.05, 0) is 34.5 Å². The van der Waals surface area contributed by atoms with Gasteiger partial charge in [0.15, 0.2) is 0 Å². The Morgan fingerprint density at radius 3 is 2.65 bits per heavy atom. The van der Waals surface area contributed by atoms with Crippen LogP contribution in [-0.4, -0.2) is 24.2 Å². The maximum Gasteiger partial charge on any atom is 0.232 e. The molecular formula is C13H13BrClN3O2. The van der Waals surface area contributed by atoms with Gasteiger partial charge < -0.3 is 14.8 Å². The van der Waals surface area contributed by atoms with Crippen LogP contribution in [0.4, 0.5) is 11.6 Å². The Balaban J connectivity index is 2.36. The lowest BCUT2D eigenvalue weighted by Crippen LogP contribution is -2.01. The monoisotopic (exact) mass is 357 g/mol. The topological polar surface area (TPSA) is 56.3 Å². The molecular weight excluding hydrogens is 346 g/mol. The quantitative estimate of drug-likeness (QED) is 0.896. The van der Waals surface area contributed by atoms with Gasteiger partial charge >= 0.3 is 0 Å². The van der Waals surface area contributed by atoms with E-state index in [1.807, 2.05) is 13.0 Å². The van der Waals surface area contributed by atoms with Gasteiger partial charge in [0.2, 0.25) is 11.8 Å². The normalized spacial score (nSPS) is 10.2. The number of nitrogens with one attached hydrogen (secondary N) is 1. The number of benzene rings is 1. The van der Waals surface area contributed by atoms with Crippen molar-refractivity contribution in [2.75, 3.05) is 19.5 Å². The minimum Gasteiger partial charge on any atom is -0.495 e. The van der Waals surface area contributed by atoms with E-state index < -0.39 is 0 Å². The molecule has 2 aromatic rings. The summed E-state index contributed by atoms with van der Waals surface area (Å²) in [5.41, 5.74) is 1.66. The molecule has 0 bridgehead atoms. The van der Waals surface area contributed by atoms with Gasteiger partial charge in [-0.2, -0.15) is 4.98 Å². The van der Waals surface area contributed by atoms with Gasteiger partial charge in [0.1, 0.15) is 5.75 Å². The highest BCUT2D eigenvalue weighted by molar-refractivity contribution is 9.10. The standard InChI is InChI=1S/C13H13BrClN3O2/c1-7-4-10(11(19-2)5-9(7)15)17-13-16-6-8(14)12(18-13)20-3/h4-6H,1-3H3,(H,16,17,18). The first-order valence-corrected chi connectivity index (χ1v) is 6.90. The van der Waals surface area contributed by atoms with E-state index in [4.69, 9.17) is 21.1 Å². The van der Waals surface area contributed by atoms with Gasteiger partial charge in [-0.25, -0.2) is 4.98 Å². The molecule has 0 fully saturated rings. The average Bonchev–Trinajstić information content (AvgIpc) is 2.44. The first kappa shape index (κ1) is 14.9. The fourth-order valence-electron chi connectivity index (χ4n) is 1.61. The van der Waals surface area contributed by atoms with E-state index in [1.54, 1.807) is 26.5 Å². The molecule has 1 aromatic heterocycles. The average molecular weight is 359 g/mol. The van der Waals surface area contributed by atoms with Crippen molar-refractivity contribution in [1.29, 1.82) is 0 Å². The molecule has 2 rings (SSSR count). The van der Waals surface area contributed by atoms with Gasteiger partial charge in [-0.15, -0.1) is 0 Å². The van der Waals surface area contributed by atoms with Crippen molar-refractivity contribution in [1.82, 2.24) is 9.97 Å². The number of nitrogens with zero attached hydrogens (tertiary/aromatic N) is 2. The summed E-state index contributed by atoms with van der Waals surface area (Å²) < 4.78 is 11.1. The fourth-order valence-corrected chi connectivity index (χ4v) is 2.11. The lowest BCUT2D eigenvalue weighted by molar-refractivity contribution is 0.394. The predicted molar refractivity (Wildman–Crippen MR) is 82.3 cm³/mol. The third-order valence-electron chi connectivity index (χ3n) is 2.63. The lowest BCUT2D eigenvalue weighted by Gasteiger charge is -2.12. The maximum absolute atomic E-state index is 6.07. The van der Waals surface area contributed by atoms with Crippen molar-refractivity contribution in [2.45, 2.75) is 6.92 Å². The van der Waals surface area contributed by atoms with Gasteiger partial charge in [-0.1, -0.05) is 11.6 Å². The number of anilines is 2. The molecule has 20 heavy (non-hydrogen) atoms. The SMILES string of the molecule is COc1cc(Cl)c(C)cc1Nc1ncc(Br)c(OC)n1. The molecule has 0 atom stereocenters. The second-order valence-corrected chi connectivity index (χ2v) is 5.24. The van der Waals surface area contributed by atoms with Crippen LogP contribution >= 0.6 is 27.5 Å². The van der Waals surface area contributed by atoms with E-state index in [1.165, 1.54) is 0 Å². The molecule has 0 radical (unpaired) electrons. The summed E-state index contributed by atoms with van der Waals surface area (Å²) in [5, 5.41) is 3.73. The number of hydrogen-bond donors (Lipinski definition) is 1. The number of rotatable bonds is 4. The Morgan fingerprint density at radius 1 is 1.25 bits per heavy atom. The molecule has 0 amide bonds. The molecule has 0 saturated heterocycles. The molecule has 1 heterocycles. The van der Waals surface area contributed by atoms with Crippen LogP contribution in [0.3, 0.4) is 0 Å². The van der Waals surface area contributed by atoms with Crippen LogP contribution in [0.5, 0.6) is 11.6 Å². The molecule has 0 unspecified atom stereocenters.